The van der Waals surface area contributed by atoms with Crippen LogP contribution in [0, 0.1) is 0 Å². The summed E-state index contributed by atoms with van der Waals surface area (Å²) >= 11 is 1.69. The summed E-state index contributed by atoms with van der Waals surface area (Å²) in [7, 11) is -3.04. The average Bonchev–Trinajstić information content (AvgIpc) is 2.63. The molecule has 1 heterocycles. The predicted molar refractivity (Wildman–Crippen MR) is 66.3 cm³/mol. The molecule has 3 atom stereocenters. The van der Waals surface area contributed by atoms with Gasteiger partial charge in [0.25, 0.3) is 0 Å². The van der Waals surface area contributed by atoms with Gasteiger partial charge in [-0.25, -0.2) is 8.42 Å². The zero-order chi connectivity index (χ0) is 11.8. The largest absolute Gasteiger partial charge is 0.391 e. The molecule has 0 spiro atoms. The highest BCUT2D eigenvalue weighted by Crippen LogP contribution is 2.30. The van der Waals surface area contributed by atoms with Gasteiger partial charge in [0, 0.05) is 30.3 Å². The minimum absolute atomic E-state index is 0.0561. The highest BCUT2D eigenvalue weighted by Gasteiger charge is 2.39. The third kappa shape index (κ3) is 2.55. The lowest BCUT2D eigenvalue weighted by atomic mass is 10.2. The first-order valence-corrected chi connectivity index (χ1v) is 8.81. The van der Waals surface area contributed by atoms with E-state index in [4.69, 9.17) is 0 Å². The van der Waals surface area contributed by atoms with Gasteiger partial charge in [0.2, 0.25) is 0 Å². The number of aliphatic hydroxyl groups is 1. The summed E-state index contributed by atoms with van der Waals surface area (Å²) in [5.41, 5.74) is 0. The number of sulfone groups is 1. The summed E-state index contributed by atoms with van der Waals surface area (Å²) in [4.78, 5) is 2.02. The molecule has 1 saturated heterocycles. The summed E-state index contributed by atoms with van der Waals surface area (Å²) in [6.45, 7) is 0.782. The maximum Gasteiger partial charge on any atom is 0.164 e. The summed E-state index contributed by atoms with van der Waals surface area (Å²) in [5, 5.41) is 9.48. The van der Waals surface area contributed by atoms with Crippen LogP contribution in [0.1, 0.15) is 19.3 Å². The van der Waals surface area contributed by atoms with Crippen LogP contribution >= 0.6 is 11.8 Å². The molecule has 1 saturated carbocycles. The van der Waals surface area contributed by atoms with Crippen molar-refractivity contribution in [1.82, 2.24) is 4.90 Å². The second-order valence-electron chi connectivity index (χ2n) is 4.66. The topological polar surface area (TPSA) is 57.6 Å². The minimum atomic E-state index is -3.04. The van der Waals surface area contributed by atoms with Crippen molar-refractivity contribution in [2.45, 2.75) is 36.8 Å². The van der Waals surface area contributed by atoms with Crippen LogP contribution in [0.4, 0.5) is 0 Å². The molecule has 0 aromatic carbocycles. The number of nitrogens with zero attached hydrogens (tertiary/aromatic N) is 1. The van der Waals surface area contributed by atoms with Crippen LogP contribution in [-0.2, 0) is 9.84 Å². The van der Waals surface area contributed by atoms with Gasteiger partial charge in [-0.15, -0.1) is 0 Å². The van der Waals surface area contributed by atoms with E-state index in [1.807, 2.05) is 4.90 Å². The van der Waals surface area contributed by atoms with Gasteiger partial charge < -0.3 is 5.11 Å². The molecule has 2 rings (SSSR count). The van der Waals surface area contributed by atoms with Gasteiger partial charge in [0.15, 0.2) is 9.84 Å². The Morgan fingerprint density at radius 3 is 2.69 bits per heavy atom. The molecule has 1 unspecified atom stereocenters. The van der Waals surface area contributed by atoms with Gasteiger partial charge in [0.1, 0.15) is 5.37 Å². The molecule has 0 aromatic rings. The van der Waals surface area contributed by atoms with Crippen molar-refractivity contribution >= 4 is 21.6 Å². The number of hydrogen-bond acceptors (Lipinski definition) is 5. The molecule has 0 aromatic heterocycles. The van der Waals surface area contributed by atoms with E-state index >= 15 is 0 Å². The average molecular weight is 265 g/mol. The Kier molecular flexibility index (Phi) is 3.83. The lowest BCUT2D eigenvalue weighted by molar-refractivity contribution is 0.0684. The SMILES string of the molecule is CS(=O)(=O)C1CSCCN1[C@@H]1CCC[C@H]1O. The van der Waals surface area contributed by atoms with Gasteiger partial charge in [-0.1, -0.05) is 0 Å². The molecular weight excluding hydrogens is 246 g/mol. The van der Waals surface area contributed by atoms with E-state index in [2.05, 4.69) is 0 Å². The number of hydrogen-bond donors (Lipinski definition) is 1. The van der Waals surface area contributed by atoms with Crippen molar-refractivity contribution in [3.63, 3.8) is 0 Å². The molecule has 1 aliphatic carbocycles. The second kappa shape index (κ2) is 4.84. The summed E-state index contributed by atoms with van der Waals surface area (Å²) < 4.78 is 23.4. The van der Waals surface area contributed by atoms with Crippen LogP contribution in [0.25, 0.3) is 0 Å². The molecule has 4 nitrogen and oxygen atoms in total. The van der Waals surface area contributed by atoms with Gasteiger partial charge in [0.05, 0.1) is 6.10 Å². The van der Waals surface area contributed by atoms with Crippen LogP contribution in [0.5, 0.6) is 0 Å². The van der Waals surface area contributed by atoms with E-state index in [1.165, 1.54) is 6.26 Å². The van der Waals surface area contributed by atoms with Crippen molar-refractivity contribution in [3.8, 4) is 0 Å². The Labute approximate surface area is 101 Å². The van der Waals surface area contributed by atoms with E-state index in [0.717, 1.165) is 31.6 Å². The highest BCUT2D eigenvalue weighted by atomic mass is 32.2. The van der Waals surface area contributed by atoms with Gasteiger partial charge in [-0.05, 0) is 19.3 Å². The monoisotopic (exact) mass is 265 g/mol. The fourth-order valence-electron chi connectivity index (χ4n) is 2.65. The maximum absolute atomic E-state index is 11.7. The molecule has 0 radical (unpaired) electrons. The fourth-order valence-corrected chi connectivity index (χ4v) is 5.58. The van der Waals surface area contributed by atoms with Crippen LogP contribution in [0.15, 0.2) is 0 Å². The van der Waals surface area contributed by atoms with Crippen LogP contribution in [-0.4, -0.2) is 60.3 Å². The quantitative estimate of drug-likeness (QED) is 0.779. The van der Waals surface area contributed by atoms with Crippen molar-refractivity contribution in [1.29, 1.82) is 0 Å². The molecule has 1 aliphatic heterocycles. The number of rotatable bonds is 2. The Morgan fingerprint density at radius 1 is 1.38 bits per heavy atom. The first-order valence-electron chi connectivity index (χ1n) is 5.70. The minimum Gasteiger partial charge on any atom is -0.391 e. The summed E-state index contributed by atoms with van der Waals surface area (Å²) in [6.07, 6.45) is 3.71. The first-order chi connectivity index (χ1) is 7.50. The summed E-state index contributed by atoms with van der Waals surface area (Å²) in [6, 6.07) is 0.0561. The third-order valence-corrected chi connectivity index (χ3v) is 6.15. The van der Waals surface area contributed by atoms with Gasteiger partial charge >= 0.3 is 0 Å². The Bertz CT molecular complexity index is 344. The van der Waals surface area contributed by atoms with Gasteiger partial charge in [-0.2, -0.15) is 11.8 Å². The Balaban J connectivity index is 2.16. The predicted octanol–water partition coefficient (Wildman–Crippen LogP) is 0.319. The first kappa shape index (κ1) is 12.7. The maximum atomic E-state index is 11.7. The van der Waals surface area contributed by atoms with E-state index < -0.39 is 15.2 Å². The zero-order valence-corrected chi connectivity index (χ0v) is 11.1. The molecule has 1 N–H and O–H groups in total. The van der Waals surface area contributed by atoms with E-state index in [1.54, 1.807) is 11.8 Å². The van der Waals surface area contributed by atoms with Crippen molar-refractivity contribution < 1.29 is 13.5 Å². The lowest BCUT2D eigenvalue weighted by Crippen LogP contribution is -2.54. The number of thioether (sulfide) groups is 1. The zero-order valence-electron chi connectivity index (χ0n) is 9.50. The van der Waals surface area contributed by atoms with Crippen LogP contribution in [0.2, 0.25) is 0 Å². The Hall–Kier alpha value is 0.220. The molecule has 16 heavy (non-hydrogen) atoms. The molecule has 2 aliphatic rings. The summed E-state index contributed by atoms with van der Waals surface area (Å²) in [5.74, 6) is 1.61. The molecular formula is C10H19NO3S2. The van der Waals surface area contributed by atoms with Crippen molar-refractivity contribution in [3.05, 3.63) is 0 Å². The van der Waals surface area contributed by atoms with E-state index in [9.17, 15) is 13.5 Å². The van der Waals surface area contributed by atoms with E-state index in [-0.39, 0.29) is 12.1 Å². The second-order valence-corrected chi connectivity index (χ2v) is 8.02. The molecule has 0 amide bonds. The van der Waals surface area contributed by atoms with Crippen molar-refractivity contribution in [2.75, 3.05) is 24.3 Å². The molecule has 2 fully saturated rings. The normalized spacial score (nSPS) is 37.8. The van der Waals surface area contributed by atoms with Gasteiger partial charge in [-0.3, -0.25) is 4.90 Å². The van der Waals surface area contributed by atoms with Crippen LogP contribution in [0.3, 0.4) is 0 Å². The third-order valence-electron chi connectivity index (χ3n) is 3.49. The van der Waals surface area contributed by atoms with E-state index in [0.29, 0.717) is 5.75 Å². The molecule has 94 valence electrons. The smallest absolute Gasteiger partial charge is 0.164 e. The number of aliphatic hydroxyl groups excluding tert-OH is 1. The fraction of sp³-hybridized carbons (Fsp3) is 1.00. The molecule has 6 heteroatoms. The lowest BCUT2D eigenvalue weighted by Gasteiger charge is -2.39. The standard InChI is InChI=1S/C10H19NO3S2/c1-16(13,14)10-7-15-6-5-11(10)8-3-2-4-9(8)12/h8-10,12H,2-7H2,1H3/t8-,9-,10?/m1/s1. The highest BCUT2D eigenvalue weighted by molar-refractivity contribution is 8.00. The molecule has 0 bridgehead atoms. The van der Waals surface area contributed by atoms with Crippen LogP contribution < -0.4 is 0 Å². The Morgan fingerprint density at radius 2 is 2.12 bits per heavy atom. The van der Waals surface area contributed by atoms with Crippen molar-refractivity contribution in [2.24, 2.45) is 0 Å².